The first-order valence-corrected chi connectivity index (χ1v) is 14.5. The van der Waals surface area contributed by atoms with E-state index >= 15 is 0 Å². The third-order valence-corrected chi connectivity index (χ3v) is 7.66. The van der Waals surface area contributed by atoms with Crippen molar-refractivity contribution in [3.8, 4) is 11.5 Å². The van der Waals surface area contributed by atoms with Crippen molar-refractivity contribution in [2.24, 2.45) is 0 Å². The van der Waals surface area contributed by atoms with Crippen LogP contribution in [0.1, 0.15) is 42.5 Å². The summed E-state index contributed by atoms with van der Waals surface area (Å²) in [6, 6.07) is 20.7. The molecule has 0 spiro atoms. The molecule has 0 radical (unpaired) electrons. The van der Waals surface area contributed by atoms with E-state index in [0.29, 0.717) is 19.5 Å². The summed E-state index contributed by atoms with van der Waals surface area (Å²) >= 11 is 1.46. The highest BCUT2D eigenvalue weighted by Crippen LogP contribution is 2.20. The second-order valence-corrected chi connectivity index (χ2v) is 11.1. The molecule has 0 saturated carbocycles. The minimum Gasteiger partial charge on any atom is -0.508 e. The number of aromatic hydroxyl groups is 1. The molecule has 4 rings (SSSR count). The summed E-state index contributed by atoms with van der Waals surface area (Å²) < 4.78 is 5.28. The van der Waals surface area contributed by atoms with Gasteiger partial charge in [0.2, 0.25) is 0 Å². The summed E-state index contributed by atoms with van der Waals surface area (Å²) in [6.45, 7) is 2.93. The Balaban J connectivity index is 1.46. The quantitative estimate of drug-likeness (QED) is 0.187. The molecule has 220 valence electrons. The summed E-state index contributed by atoms with van der Waals surface area (Å²) in [4.78, 5) is 32.4. The number of thiazole rings is 1. The Morgan fingerprint density at radius 3 is 2.48 bits per heavy atom. The van der Waals surface area contributed by atoms with Crippen molar-refractivity contribution in [2.45, 2.75) is 38.6 Å². The monoisotopic (exact) mass is 588 g/mol. The Hall–Kier alpha value is -4.25. The lowest BCUT2D eigenvalue weighted by atomic mass is 10.00. The van der Waals surface area contributed by atoms with Crippen molar-refractivity contribution in [2.75, 3.05) is 20.7 Å². The Kier molecular flexibility index (Phi) is 10.7. The Morgan fingerprint density at radius 1 is 1.02 bits per heavy atom. The second kappa shape index (κ2) is 14.6. The van der Waals surface area contributed by atoms with Gasteiger partial charge >= 0.3 is 0 Å². The van der Waals surface area contributed by atoms with Crippen LogP contribution in [0.5, 0.6) is 11.5 Å². The van der Waals surface area contributed by atoms with Crippen LogP contribution in [-0.4, -0.2) is 64.8 Å². The highest BCUT2D eigenvalue weighted by molar-refractivity contribution is 7.09. The van der Waals surface area contributed by atoms with Gasteiger partial charge in [0.05, 0.1) is 25.8 Å². The number of phenolic OH excluding ortho intramolecular Hbond substituents is 1. The molecule has 4 aromatic rings. The molecule has 9 nitrogen and oxygen atoms in total. The molecule has 0 unspecified atom stereocenters. The third kappa shape index (κ3) is 8.62. The number of phenols is 1. The number of aliphatic hydroxyl groups is 1. The smallest absolute Gasteiger partial charge is 0.254 e. The zero-order chi connectivity index (χ0) is 30.1. The van der Waals surface area contributed by atoms with Gasteiger partial charge in [0.25, 0.3) is 11.8 Å². The van der Waals surface area contributed by atoms with Gasteiger partial charge in [0.15, 0.2) is 0 Å². The van der Waals surface area contributed by atoms with Crippen molar-refractivity contribution in [3.63, 3.8) is 0 Å². The minimum atomic E-state index is -0.925. The lowest BCUT2D eigenvalue weighted by molar-refractivity contribution is 0.0784. The van der Waals surface area contributed by atoms with Gasteiger partial charge in [-0.25, -0.2) is 4.98 Å². The van der Waals surface area contributed by atoms with E-state index in [2.05, 4.69) is 15.6 Å². The van der Waals surface area contributed by atoms with Crippen LogP contribution in [0.2, 0.25) is 0 Å². The number of methoxy groups -OCH3 is 1. The highest BCUT2D eigenvalue weighted by Gasteiger charge is 2.24. The fourth-order valence-electron chi connectivity index (χ4n) is 4.53. The van der Waals surface area contributed by atoms with Crippen LogP contribution >= 0.6 is 11.3 Å². The highest BCUT2D eigenvalue weighted by atomic mass is 32.1. The van der Waals surface area contributed by atoms with Crippen molar-refractivity contribution >= 4 is 23.2 Å². The molecule has 4 N–H and O–H groups in total. The zero-order valence-electron chi connectivity index (χ0n) is 23.9. The van der Waals surface area contributed by atoms with Gasteiger partial charge in [0, 0.05) is 42.3 Å². The summed E-state index contributed by atoms with van der Waals surface area (Å²) in [7, 11) is 3.26. The SMILES string of the molecule is COc1cccc(CNC[C@@H](O)[C@H](Cc2ccccc2)NC(=O)c2cc(O)cc(C(=O)N(C)Cc3nc(C)cs3)c2)c1. The number of aliphatic hydroxyl groups excluding tert-OH is 1. The maximum atomic E-state index is 13.4. The van der Waals surface area contributed by atoms with Crippen LogP contribution in [-0.2, 0) is 19.5 Å². The number of aromatic nitrogens is 1. The van der Waals surface area contributed by atoms with E-state index in [4.69, 9.17) is 4.74 Å². The first-order valence-electron chi connectivity index (χ1n) is 13.6. The van der Waals surface area contributed by atoms with E-state index in [-0.39, 0.29) is 29.3 Å². The van der Waals surface area contributed by atoms with Crippen LogP contribution in [0.25, 0.3) is 0 Å². The fourth-order valence-corrected chi connectivity index (χ4v) is 5.35. The summed E-state index contributed by atoms with van der Waals surface area (Å²) in [5.74, 6) is -0.316. The molecule has 0 fully saturated rings. The standard InChI is InChI=1S/C32H36N4O5S/c1-21-20-42-30(34-21)19-36(2)32(40)25-14-24(15-26(37)16-25)31(39)35-28(13-22-8-5-4-6-9-22)29(38)18-33-17-23-10-7-11-27(12-23)41-3/h4-12,14-16,20,28-29,33,37-38H,13,17-19H2,1-3H3,(H,35,39)/t28-,29+/m0/s1. The maximum Gasteiger partial charge on any atom is 0.254 e. The van der Waals surface area contributed by atoms with E-state index in [9.17, 15) is 19.8 Å². The molecule has 2 amide bonds. The van der Waals surface area contributed by atoms with E-state index in [1.165, 1.54) is 34.4 Å². The number of nitrogens with zero attached hydrogens (tertiary/aromatic N) is 2. The van der Waals surface area contributed by atoms with Gasteiger partial charge < -0.3 is 30.5 Å². The Bertz CT molecular complexity index is 1490. The van der Waals surface area contributed by atoms with Crippen LogP contribution in [0.15, 0.2) is 78.2 Å². The van der Waals surface area contributed by atoms with E-state index in [0.717, 1.165) is 27.6 Å². The normalized spacial score (nSPS) is 12.4. The average molecular weight is 589 g/mol. The number of hydrogen-bond donors (Lipinski definition) is 4. The Labute approximate surface area is 249 Å². The van der Waals surface area contributed by atoms with Gasteiger partial charge in [0.1, 0.15) is 16.5 Å². The lowest BCUT2D eigenvalue weighted by Gasteiger charge is -2.25. The van der Waals surface area contributed by atoms with Gasteiger partial charge in [-0.15, -0.1) is 11.3 Å². The number of amides is 2. The minimum absolute atomic E-state index is 0.117. The zero-order valence-corrected chi connectivity index (χ0v) is 24.7. The molecular formula is C32H36N4O5S. The second-order valence-electron chi connectivity index (χ2n) is 10.1. The van der Waals surface area contributed by atoms with E-state index < -0.39 is 18.1 Å². The van der Waals surface area contributed by atoms with Crippen LogP contribution in [0, 0.1) is 6.92 Å². The van der Waals surface area contributed by atoms with Crippen molar-refractivity contribution in [1.82, 2.24) is 20.5 Å². The predicted octanol–water partition coefficient (Wildman–Crippen LogP) is 3.93. The Morgan fingerprint density at radius 2 is 1.76 bits per heavy atom. The fraction of sp³-hybridized carbons (Fsp3) is 0.281. The lowest BCUT2D eigenvalue weighted by Crippen LogP contribution is -2.48. The molecule has 0 bridgehead atoms. The van der Waals surface area contributed by atoms with E-state index in [1.807, 2.05) is 66.9 Å². The molecule has 1 aromatic heterocycles. The number of ether oxygens (including phenoxy) is 1. The van der Waals surface area contributed by atoms with E-state index in [1.54, 1.807) is 14.2 Å². The summed E-state index contributed by atoms with van der Waals surface area (Å²) in [6.07, 6.45) is -0.541. The van der Waals surface area contributed by atoms with Gasteiger partial charge in [-0.05, 0) is 54.8 Å². The molecule has 3 aromatic carbocycles. The molecule has 10 heteroatoms. The van der Waals surface area contributed by atoms with Gasteiger partial charge in [-0.2, -0.15) is 0 Å². The summed E-state index contributed by atoms with van der Waals surface area (Å²) in [5, 5.41) is 30.4. The van der Waals surface area contributed by atoms with Crippen LogP contribution < -0.4 is 15.4 Å². The topological polar surface area (TPSA) is 124 Å². The summed E-state index contributed by atoms with van der Waals surface area (Å²) in [5.41, 5.74) is 3.12. The molecule has 42 heavy (non-hydrogen) atoms. The third-order valence-electron chi connectivity index (χ3n) is 6.71. The molecule has 2 atom stereocenters. The molecular weight excluding hydrogens is 552 g/mol. The molecule has 0 aliphatic carbocycles. The number of carbonyl (C=O) groups excluding carboxylic acids is 2. The molecule has 0 aliphatic heterocycles. The first-order chi connectivity index (χ1) is 20.2. The van der Waals surface area contributed by atoms with Gasteiger partial charge in [-0.3, -0.25) is 9.59 Å². The maximum absolute atomic E-state index is 13.4. The number of rotatable bonds is 13. The number of aryl methyl sites for hydroxylation is 1. The molecule has 0 aliphatic rings. The average Bonchev–Trinajstić information content (AvgIpc) is 3.40. The number of hydrogen-bond acceptors (Lipinski definition) is 8. The van der Waals surface area contributed by atoms with Crippen LogP contribution in [0.3, 0.4) is 0 Å². The largest absolute Gasteiger partial charge is 0.508 e. The van der Waals surface area contributed by atoms with Gasteiger partial charge in [-0.1, -0.05) is 42.5 Å². The number of carbonyl (C=O) groups is 2. The van der Waals surface area contributed by atoms with Crippen molar-refractivity contribution in [1.29, 1.82) is 0 Å². The number of nitrogens with one attached hydrogen (secondary N) is 2. The van der Waals surface area contributed by atoms with Crippen LogP contribution in [0.4, 0.5) is 0 Å². The molecule has 0 saturated heterocycles. The predicted molar refractivity (Wildman–Crippen MR) is 163 cm³/mol. The molecule has 1 heterocycles. The van der Waals surface area contributed by atoms with Crippen molar-refractivity contribution < 1.29 is 24.5 Å². The number of benzene rings is 3. The first kappa shape index (κ1) is 30.7. The van der Waals surface area contributed by atoms with Crippen molar-refractivity contribution in [3.05, 3.63) is 111 Å².